The van der Waals surface area contributed by atoms with E-state index in [9.17, 15) is 0 Å². The monoisotopic (exact) mass is 266 g/mol. The maximum Gasteiger partial charge on any atom is 0.0642 e. The second-order valence-electron chi connectivity index (χ2n) is 5.39. The molecule has 0 spiro atoms. The van der Waals surface area contributed by atoms with Crippen molar-refractivity contribution in [3.63, 3.8) is 0 Å². The van der Waals surface area contributed by atoms with Gasteiger partial charge >= 0.3 is 0 Å². The minimum Gasteiger partial charge on any atom is -0.370 e. The Balaban J connectivity index is 2.17. The highest BCUT2D eigenvalue weighted by molar-refractivity contribution is 6.33. The Kier molecular flexibility index (Phi) is 4.52. The third-order valence-corrected chi connectivity index (χ3v) is 3.81. The van der Waals surface area contributed by atoms with Gasteiger partial charge in [0.15, 0.2) is 0 Å². The zero-order valence-corrected chi connectivity index (χ0v) is 12.1. The molecule has 0 heterocycles. The lowest BCUT2D eigenvalue weighted by Gasteiger charge is -2.26. The summed E-state index contributed by atoms with van der Waals surface area (Å²) in [5.41, 5.74) is 8.15. The molecule has 0 aliphatic heterocycles. The van der Waals surface area contributed by atoms with Crippen LogP contribution in [-0.2, 0) is 0 Å². The van der Waals surface area contributed by atoms with Gasteiger partial charge in [0.1, 0.15) is 0 Å². The van der Waals surface area contributed by atoms with Crippen LogP contribution in [0.1, 0.15) is 44.7 Å². The third-order valence-electron chi connectivity index (χ3n) is 3.51. The highest BCUT2D eigenvalue weighted by Crippen LogP contribution is 2.34. The van der Waals surface area contributed by atoms with Crippen LogP contribution in [0.25, 0.3) is 0 Å². The molecular formula is C15H23ClN2. The summed E-state index contributed by atoms with van der Waals surface area (Å²) in [5.74, 6) is 0.876. The Morgan fingerprint density at radius 1 is 1.44 bits per heavy atom. The van der Waals surface area contributed by atoms with E-state index in [0.717, 1.165) is 41.7 Å². The highest BCUT2D eigenvalue weighted by atomic mass is 35.5. The minimum atomic E-state index is 0.0413. The molecule has 1 aliphatic rings. The van der Waals surface area contributed by atoms with Crippen LogP contribution < -0.4 is 10.6 Å². The van der Waals surface area contributed by atoms with Crippen LogP contribution in [0.3, 0.4) is 0 Å². The molecule has 100 valence electrons. The SMILES string of the molecule is CCCN(CC1CC1)c1ccc(C(C)N)cc1Cl. The molecule has 0 amide bonds. The van der Waals surface area contributed by atoms with Gasteiger partial charge in [-0.3, -0.25) is 0 Å². The molecule has 0 saturated heterocycles. The van der Waals surface area contributed by atoms with Gasteiger partial charge < -0.3 is 10.6 Å². The fourth-order valence-corrected chi connectivity index (χ4v) is 2.56. The van der Waals surface area contributed by atoms with Gasteiger partial charge in [-0.05, 0) is 49.8 Å². The van der Waals surface area contributed by atoms with Gasteiger partial charge in [0, 0.05) is 19.1 Å². The first kappa shape index (κ1) is 13.7. The largest absolute Gasteiger partial charge is 0.370 e. The quantitative estimate of drug-likeness (QED) is 0.844. The van der Waals surface area contributed by atoms with Crippen molar-refractivity contribution >= 4 is 17.3 Å². The summed E-state index contributed by atoms with van der Waals surface area (Å²) in [6.07, 6.45) is 3.89. The number of hydrogen-bond donors (Lipinski definition) is 1. The van der Waals surface area contributed by atoms with Gasteiger partial charge in [0.2, 0.25) is 0 Å². The fraction of sp³-hybridized carbons (Fsp3) is 0.600. The molecule has 2 N–H and O–H groups in total. The molecule has 0 aromatic heterocycles. The van der Waals surface area contributed by atoms with Crippen LogP contribution in [0.2, 0.25) is 5.02 Å². The molecule has 3 heteroatoms. The Morgan fingerprint density at radius 3 is 2.67 bits per heavy atom. The standard InChI is InChI=1S/C15H23ClN2/c1-3-8-18(10-12-4-5-12)15-7-6-13(11(2)17)9-14(15)16/h6-7,9,11-12H,3-5,8,10,17H2,1-2H3. The molecule has 1 saturated carbocycles. The maximum atomic E-state index is 6.41. The van der Waals surface area contributed by atoms with E-state index in [4.69, 9.17) is 17.3 Å². The van der Waals surface area contributed by atoms with Crippen molar-refractivity contribution in [3.8, 4) is 0 Å². The fourth-order valence-electron chi connectivity index (χ4n) is 2.25. The molecule has 2 rings (SSSR count). The van der Waals surface area contributed by atoms with Crippen molar-refractivity contribution in [2.45, 2.75) is 39.2 Å². The number of anilines is 1. The van der Waals surface area contributed by atoms with Crippen LogP contribution in [-0.4, -0.2) is 13.1 Å². The van der Waals surface area contributed by atoms with Crippen molar-refractivity contribution in [2.75, 3.05) is 18.0 Å². The molecule has 18 heavy (non-hydrogen) atoms. The Bertz CT molecular complexity index is 399. The summed E-state index contributed by atoms with van der Waals surface area (Å²) in [5, 5.41) is 0.832. The smallest absolute Gasteiger partial charge is 0.0642 e. The maximum absolute atomic E-state index is 6.41. The van der Waals surface area contributed by atoms with Crippen LogP contribution >= 0.6 is 11.6 Å². The number of halogens is 1. The number of nitrogens with zero attached hydrogens (tertiary/aromatic N) is 1. The normalized spacial score (nSPS) is 16.7. The predicted octanol–water partition coefficient (Wildman–Crippen LogP) is 3.99. The van der Waals surface area contributed by atoms with E-state index < -0.39 is 0 Å². The first-order chi connectivity index (χ1) is 8.61. The van der Waals surface area contributed by atoms with Crippen LogP contribution in [0.5, 0.6) is 0 Å². The summed E-state index contributed by atoms with van der Waals surface area (Å²) in [6.45, 7) is 6.42. The van der Waals surface area contributed by atoms with E-state index in [0.29, 0.717) is 0 Å². The minimum absolute atomic E-state index is 0.0413. The zero-order chi connectivity index (χ0) is 13.1. The van der Waals surface area contributed by atoms with E-state index >= 15 is 0 Å². The Morgan fingerprint density at radius 2 is 2.17 bits per heavy atom. The average molecular weight is 267 g/mol. The van der Waals surface area contributed by atoms with Gasteiger partial charge in [-0.2, -0.15) is 0 Å². The summed E-state index contributed by atoms with van der Waals surface area (Å²) in [4.78, 5) is 2.42. The van der Waals surface area contributed by atoms with E-state index in [1.165, 1.54) is 12.8 Å². The molecular weight excluding hydrogens is 244 g/mol. The van der Waals surface area contributed by atoms with Crippen molar-refractivity contribution < 1.29 is 0 Å². The van der Waals surface area contributed by atoms with Crippen LogP contribution in [0.4, 0.5) is 5.69 Å². The number of rotatable bonds is 6. The lowest BCUT2D eigenvalue weighted by Crippen LogP contribution is -2.26. The van der Waals surface area contributed by atoms with Gasteiger partial charge in [0.25, 0.3) is 0 Å². The summed E-state index contributed by atoms with van der Waals surface area (Å²) in [6, 6.07) is 6.28. The van der Waals surface area contributed by atoms with Crippen molar-refractivity contribution in [3.05, 3.63) is 28.8 Å². The van der Waals surface area contributed by atoms with Crippen molar-refractivity contribution in [1.29, 1.82) is 0 Å². The Labute approximate surface area is 115 Å². The lowest BCUT2D eigenvalue weighted by molar-refractivity contribution is 0.707. The van der Waals surface area contributed by atoms with E-state index in [1.807, 2.05) is 13.0 Å². The molecule has 1 atom stereocenters. The van der Waals surface area contributed by atoms with Gasteiger partial charge in [-0.15, -0.1) is 0 Å². The summed E-state index contributed by atoms with van der Waals surface area (Å²) in [7, 11) is 0. The van der Waals surface area contributed by atoms with Gasteiger partial charge in [-0.25, -0.2) is 0 Å². The van der Waals surface area contributed by atoms with E-state index in [1.54, 1.807) is 0 Å². The highest BCUT2D eigenvalue weighted by Gasteiger charge is 2.25. The molecule has 1 unspecified atom stereocenters. The number of benzene rings is 1. The molecule has 1 aromatic rings. The van der Waals surface area contributed by atoms with Gasteiger partial charge in [0.05, 0.1) is 10.7 Å². The number of nitrogens with two attached hydrogens (primary N) is 1. The second kappa shape index (κ2) is 5.94. The molecule has 2 nitrogen and oxygen atoms in total. The Hall–Kier alpha value is -0.730. The molecule has 1 aromatic carbocycles. The molecule has 0 bridgehead atoms. The van der Waals surface area contributed by atoms with Crippen LogP contribution in [0, 0.1) is 5.92 Å². The zero-order valence-electron chi connectivity index (χ0n) is 11.3. The molecule has 1 fully saturated rings. The molecule has 1 aliphatic carbocycles. The number of hydrogen-bond acceptors (Lipinski definition) is 2. The first-order valence-corrected chi connectivity index (χ1v) is 7.29. The second-order valence-corrected chi connectivity index (χ2v) is 5.80. The van der Waals surface area contributed by atoms with Crippen molar-refractivity contribution in [1.82, 2.24) is 0 Å². The summed E-state index contributed by atoms with van der Waals surface area (Å²) < 4.78 is 0. The summed E-state index contributed by atoms with van der Waals surface area (Å²) >= 11 is 6.41. The van der Waals surface area contributed by atoms with Crippen LogP contribution in [0.15, 0.2) is 18.2 Å². The molecule has 0 radical (unpaired) electrons. The first-order valence-electron chi connectivity index (χ1n) is 6.91. The lowest BCUT2D eigenvalue weighted by atomic mass is 10.1. The van der Waals surface area contributed by atoms with Gasteiger partial charge in [-0.1, -0.05) is 24.6 Å². The van der Waals surface area contributed by atoms with E-state index in [2.05, 4.69) is 24.0 Å². The van der Waals surface area contributed by atoms with Crippen molar-refractivity contribution in [2.24, 2.45) is 11.7 Å². The predicted molar refractivity (Wildman–Crippen MR) is 79.3 cm³/mol. The average Bonchev–Trinajstić information content (AvgIpc) is 3.12. The third kappa shape index (κ3) is 3.39. The topological polar surface area (TPSA) is 29.3 Å². The van der Waals surface area contributed by atoms with E-state index in [-0.39, 0.29) is 6.04 Å².